The van der Waals surface area contributed by atoms with Crippen LogP contribution in [0, 0.1) is 5.82 Å². The van der Waals surface area contributed by atoms with E-state index >= 15 is 0 Å². The summed E-state index contributed by atoms with van der Waals surface area (Å²) in [4.78, 5) is 20.8. The zero-order chi connectivity index (χ0) is 25.7. The summed E-state index contributed by atoms with van der Waals surface area (Å²) in [5.41, 5.74) is 3.34. The number of halogens is 1. The second kappa shape index (κ2) is 9.04. The zero-order valence-corrected chi connectivity index (χ0v) is 20.9. The topological polar surface area (TPSA) is 107 Å². The number of carbonyl (C=O) groups excluding carboxylic acids is 1. The van der Waals surface area contributed by atoms with Crippen molar-refractivity contribution in [1.82, 2.24) is 15.3 Å². The van der Waals surface area contributed by atoms with Crippen LogP contribution in [0.25, 0.3) is 11.3 Å². The number of nitrogens with zero attached hydrogens (tertiary/aromatic N) is 1. The third-order valence-electron chi connectivity index (χ3n) is 6.97. The Labute approximate surface area is 213 Å². The highest BCUT2D eigenvalue weighted by Crippen LogP contribution is 2.51. The molecule has 2 aliphatic heterocycles. The second-order valence-corrected chi connectivity index (χ2v) is 10.2. The molecule has 4 heterocycles. The fourth-order valence-electron chi connectivity index (χ4n) is 4.93. The molecule has 1 amide bonds. The minimum atomic E-state index is -0.504. The molecule has 3 N–H and O–H groups in total. The summed E-state index contributed by atoms with van der Waals surface area (Å²) >= 11 is 0. The standard InChI is InChI=1S/C27H29FN4O5/c1-27(2)13-36-14(12-37-27)11-35-20-10-29-8-7-15(20)23-24(30-18-6-4-5-17(28)25(18)34-3)21-22(32-23)16-9-19(16)31-26(21)33/h4-8,10,14,16,19,30,32H,9,11-13H2,1-3H3,(H,31,33)/t14-,16+,19-/m1/s1. The van der Waals surface area contributed by atoms with E-state index in [1.165, 1.54) is 13.2 Å². The molecule has 3 aromatic rings. The number of methoxy groups -OCH3 is 1. The van der Waals surface area contributed by atoms with Gasteiger partial charge in [0.1, 0.15) is 18.5 Å². The monoisotopic (exact) mass is 508 g/mol. The van der Waals surface area contributed by atoms with Gasteiger partial charge in [-0.25, -0.2) is 4.39 Å². The van der Waals surface area contributed by atoms with Gasteiger partial charge in [-0.2, -0.15) is 0 Å². The van der Waals surface area contributed by atoms with Crippen molar-refractivity contribution in [2.24, 2.45) is 0 Å². The molecule has 194 valence electrons. The minimum Gasteiger partial charge on any atom is -0.492 e. The summed E-state index contributed by atoms with van der Waals surface area (Å²) in [7, 11) is 1.41. The fraction of sp³-hybridized carbons (Fsp3) is 0.407. The first-order valence-electron chi connectivity index (χ1n) is 12.3. The molecule has 3 atom stereocenters. The summed E-state index contributed by atoms with van der Waals surface area (Å²) in [5, 5.41) is 6.32. The van der Waals surface area contributed by atoms with Crippen LogP contribution in [0.15, 0.2) is 36.7 Å². The van der Waals surface area contributed by atoms with Crippen molar-refractivity contribution < 1.29 is 28.1 Å². The zero-order valence-electron chi connectivity index (χ0n) is 20.9. The van der Waals surface area contributed by atoms with E-state index in [0.29, 0.717) is 47.2 Å². The molecule has 2 fully saturated rings. The molecule has 1 aromatic carbocycles. The molecular formula is C27H29FN4O5. The van der Waals surface area contributed by atoms with E-state index in [9.17, 15) is 9.18 Å². The highest BCUT2D eigenvalue weighted by Gasteiger charge is 2.48. The Morgan fingerprint density at radius 1 is 1.30 bits per heavy atom. The van der Waals surface area contributed by atoms with E-state index in [0.717, 1.165) is 12.1 Å². The lowest BCUT2D eigenvalue weighted by Crippen LogP contribution is -2.44. The van der Waals surface area contributed by atoms with E-state index in [-0.39, 0.29) is 41.9 Å². The number of carbonyl (C=O) groups is 1. The number of anilines is 2. The maximum Gasteiger partial charge on any atom is 0.255 e. The molecule has 0 radical (unpaired) electrons. The highest BCUT2D eigenvalue weighted by molar-refractivity contribution is 6.07. The van der Waals surface area contributed by atoms with Crippen LogP contribution in [0.2, 0.25) is 0 Å². The molecule has 6 rings (SSSR count). The van der Waals surface area contributed by atoms with Crippen molar-refractivity contribution in [2.75, 3.05) is 32.2 Å². The maximum atomic E-state index is 14.5. The van der Waals surface area contributed by atoms with Crippen LogP contribution in [0.4, 0.5) is 15.8 Å². The lowest BCUT2D eigenvalue weighted by atomic mass is 10.0. The van der Waals surface area contributed by atoms with Crippen LogP contribution in [0.3, 0.4) is 0 Å². The Bertz CT molecular complexity index is 1350. The SMILES string of the molecule is COc1c(F)cccc1Nc1c(-c2ccncc2OC[C@@H]2COC(C)(C)CO2)[nH]c2c1C(=O)N[C@@H]1C[C@H]21. The first kappa shape index (κ1) is 23.7. The number of amides is 1. The molecule has 3 aliphatic rings. The van der Waals surface area contributed by atoms with Crippen molar-refractivity contribution in [3.8, 4) is 22.8 Å². The number of benzene rings is 1. The molecule has 2 aromatic heterocycles. The molecule has 1 saturated carbocycles. The van der Waals surface area contributed by atoms with E-state index < -0.39 is 5.82 Å². The Hall–Kier alpha value is -3.63. The number of nitrogens with one attached hydrogen (secondary N) is 3. The Balaban J connectivity index is 1.37. The number of H-pyrrole nitrogens is 1. The smallest absolute Gasteiger partial charge is 0.255 e. The molecule has 0 unspecified atom stereocenters. The lowest BCUT2D eigenvalue weighted by Gasteiger charge is -2.34. The first-order valence-corrected chi connectivity index (χ1v) is 12.3. The van der Waals surface area contributed by atoms with Crippen molar-refractivity contribution in [3.05, 3.63) is 53.7 Å². The molecule has 0 bridgehead atoms. The summed E-state index contributed by atoms with van der Waals surface area (Å²) in [6.45, 7) is 5.15. The van der Waals surface area contributed by atoms with Crippen LogP contribution in [-0.4, -0.2) is 60.6 Å². The molecular weight excluding hydrogens is 479 g/mol. The molecule has 37 heavy (non-hydrogen) atoms. The number of hydrogen-bond donors (Lipinski definition) is 3. The predicted molar refractivity (Wildman–Crippen MR) is 134 cm³/mol. The van der Waals surface area contributed by atoms with Crippen molar-refractivity contribution in [3.63, 3.8) is 0 Å². The van der Waals surface area contributed by atoms with Gasteiger partial charge in [0.15, 0.2) is 11.6 Å². The van der Waals surface area contributed by atoms with Gasteiger partial charge >= 0.3 is 0 Å². The number of aromatic nitrogens is 2. The van der Waals surface area contributed by atoms with E-state index in [2.05, 4.69) is 20.6 Å². The molecule has 1 saturated heterocycles. The maximum absolute atomic E-state index is 14.5. The van der Waals surface area contributed by atoms with Gasteiger partial charge in [-0.3, -0.25) is 9.78 Å². The number of ether oxygens (including phenoxy) is 4. The Kier molecular flexibility index (Phi) is 5.80. The van der Waals surface area contributed by atoms with Gasteiger partial charge in [0.2, 0.25) is 0 Å². The quantitative estimate of drug-likeness (QED) is 0.440. The highest BCUT2D eigenvalue weighted by atomic mass is 19.1. The van der Waals surface area contributed by atoms with Gasteiger partial charge in [-0.05, 0) is 38.5 Å². The Morgan fingerprint density at radius 3 is 2.95 bits per heavy atom. The van der Waals surface area contributed by atoms with E-state index in [1.807, 2.05) is 19.9 Å². The van der Waals surface area contributed by atoms with Gasteiger partial charge < -0.3 is 34.6 Å². The van der Waals surface area contributed by atoms with Crippen molar-refractivity contribution in [2.45, 2.75) is 43.9 Å². The van der Waals surface area contributed by atoms with Crippen LogP contribution in [0.5, 0.6) is 11.5 Å². The molecule has 9 nitrogen and oxygen atoms in total. The van der Waals surface area contributed by atoms with E-state index in [4.69, 9.17) is 18.9 Å². The van der Waals surface area contributed by atoms with Gasteiger partial charge in [0.05, 0.1) is 54.8 Å². The van der Waals surface area contributed by atoms with Crippen molar-refractivity contribution in [1.29, 1.82) is 0 Å². The van der Waals surface area contributed by atoms with E-state index in [1.54, 1.807) is 24.5 Å². The van der Waals surface area contributed by atoms with Crippen LogP contribution in [-0.2, 0) is 9.47 Å². The molecule has 10 heteroatoms. The number of pyridine rings is 1. The summed E-state index contributed by atoms with van der Waals surface area (Å²) in [5.74, 6) is 0.111. The average molecular weight is 509 g/mol. The van der Waals surface area contributed by atoms with Gasteiger partial charge in [0, 0.05) is 29.4 Å². The van der Waals surface area contributed by atoms with Crippen LogP contribution < -0.4 is 20.1 Å². The van der Waals surface area contributed by atoms with Gasteiger partial charge in [0.25, 0.3) is 5.91 Å². The summed E-state index contributed by atoms with van der Waals surface area (Å²) in [6.07, 6.45) is 3.95. The van der Waals surface area contributed by atoms with Gasteiger partial charge in [-0.15, -0.1) is 0 Å². The summed E-state index contributed by atoms with van der Waals surface area (Å²) in [6, 6.07) is 6.57. The average Bonchev–Trinajstić information content (AvgIpc) is 3.55. The second-order valence-electron chi connectivity index (χ2n) is 10.2. The van der Waals surface area contributed by atoms with Gasteiger partial charge in [-0.1, -0.05) is 6.07 Å². The minimum absolute atomic E-state index is 0.0625. The molecule has 0 spiro atoms. The largest absolute Gasteiger partial charge is 0.492 e. The third kappa shape index (κ3) is 4.40. The first-order chi connectivity index (χ1) is 17.8. The number of hydrogen-bond acceptors (Lipinski definition) is 7. The predicted octanol–water partition coefficient (Wildman–Crippen LogP) is 4.14. The van der Waals surface area contributed by atoms with Crippen molar-refractivity contribution >= 4 is 17.3 Å². The number of fused-ring (bicyclic) bond motifs is 3. The number of aromatic amines is 1. The Morgan fingerprint density at radius 2 is 2.16 bits per heavy atom. The number of rotatable bonds is 7. The lowest BCUT2D eigenvalue weighted by molar-refractivity contribution is -0.181. The third-order valence-corrected chi connectivity index (χ3v) is 6.97. The normalized spacial score (nSPS) is 23.5. The number of para-hydroxylation sites is 1. The van der Waals surface area contributed by atoms with Crippen LogP contribution in [0.1, 0.15) is 42.2 Å². The summed E-state index contributed by atoms with van der Waals surface area (Å²) < 4.78 is 37.7. The fourth-order valence-corrected chi connectivity index (χ4v) is 4.93. The van der Waals surface area contributed by atoms with Crippen LogP contribution >= 0.6 is 0 Å². The molecule has 1 aliphatic carbocycles.